The first-order valence-corrected chi connectivity index (χ1v) is 7.51. The van der Waals surface area contributed by atoms with Crippen LogP contribution >= 0.6 is 27.5 Å². The van der Waals surface area contributed by atoms with Crippen LogP contribution < -0.4 is 9.47 Å². The lowest BCUT2D eigenvalue weighted by Gasteiger charge is -2.19. The van der Waals surface area contributed by atoms with Gasteiger partial charge in [-0.3, -0.25) is 0 Å². The number of benzene rings is 2. The molecule has 0 radical (unpaired) electrons. The number of aryl methyl sites for hydroxylation is 1. The largest absolute Gasteiger partial charge is 0.495 e. The monoisotopic (exact) mass is 370 g/mol. The molecule has 0 bridgehead atoms. The maximum Gasteiger partial charge on any atom is 0.142 e. The average Bonchev–Trinajstić information content (AvgIpc) is 2.48. The minimum atomic E-state index is -0.833. The van der Waals surface area contributed by atoms with Crippen LogP contribution in [-0.2, 0) is 0 Å². The fraction of sp³-hybridized carbons (Fsp3) is 0.250. The molecule has 0 saturated carbocycles. The van der Waals surface area contributed by atoms with Crippen LogP contribution in [0.2, 0.25) is 5.02 Å². The number of aliphatic hydroxyl groups excluding tert-OH is 1. The van der Waals surface area contributed by atoms with Crippen molar-refractivity contribution in [3.05, 3.63) is 56.5 Å². The molecule has 0 amide bonds. The van der Waals surface area contributed by atoms with Gasteiger partial charge < -0.3 is 14.6 Å². The Kier molecular flexibility index (Phi) is 5.14. The molecule has 2 rings (SSSR count). The Balaban J connectivity index is 2.55. The highest BCUT2D eigenvalue weighted by atomic mass is 79.9. The molecular formula is C16H16BrClO3. The van der Waals surface area contributed by atoms with Crippen molar-refractivity contribution in [2.45, 2.75) is 13.0 Å². The third-order valence-corrected chi connectivity index (χ3v) is 4.33. The van der Waals surface area contributed by atoms with Gasteiger partial charge in [-0.05, 0) is 58.2 Å². The molecule has 2 aromatic carbocycles. The highest BCUT2D eigenvalue weighted by molar-refractivity contribution is 9.10. The van der Waals surface area contributed by atoms with Crippen LogP contribution in [0.5, 0.6) is 11.5 Å². The van der Waals surface area contributed by atoms with E-state index in [1.165, 1.54) is 0 Å². The Hall–Kier alpha value is -1.23. The van der Waals surface area contributed by atoms with Gasteiger partial charge >= 0.3 is 0 Å². The van der Waals surface area contributed by atoms with Crippen LogP contribution in [0, 0.1) is 6.92 Å². The Morgan fingerprint density at radius 3 is 2.43 bits per heavy atom. The third kappa shape index (κ3) is 3.18. The van der Waals surface area contributed by atoms with Crippen molar-refractivity contribution in [3.63, 3.8) is 0 Å². The highest BCUT2D eigenvalue weighted by Crippen LogP contribution is 2.41. The summed E-state index contributed by atoms with van der Waals surface area (Å²) < 4.78 is 11.3. The van der Waals surface area contributed by atoms with Crippen LogP contribution in [0.25, 0.3) is 0 Å². The van der Waals surface area contributed by atoms with Crippen molar-refractivity contribution in [3.8, 4) is 11.5 Å². The maximum absolute atomic E-state index is 10.7. The van der Waals surface area contributed by atoms with Crippen molar-refractivity contribution in [1.29, 1.82) is 0 Å². The molecule has 0 heterocycles. The highest BCUT2D eigenvalue weighted by Gasteiger charge is 2.21. The summed E-state index contributed by atoms with van der Waals surface area (Å²) in [5.74, 6) is 1.19. The molecule has 0 aliphatic rings. The van der Waals surface area contributed by atoms with Gasteiger partial charge in [-0.15, -0.1) is 0 Å². The second-order valence-corrected chi connectivity index (χ2v) is 5.84. The van der Waals surface area contributed by atoms with E-state index in [9.17, 15) is 5.11 Å². The molecule has 112 valence electrons. The van der Waals surface area contributed by atoms with E-state index < -0.39 is 6.10 Å². The van der Waals surface area contributed by atoms with E-state index in [1.54, 1.807) is 38.5 Å². The fourth-order valence-electron chi connectivity index (χ4n) is 2.21. The topological polar surface area (TPSA) is 38.7 Å². The van der Waals surface area contributed by atoms with Crippen LogP contribution in [-0.4, -0.2) is 19.3 Å². The van der Waals surface area contributed by atoms with Gasteiger partial charge in [0.05, 0.1) is 14.2 Å². The summed E-state index contributed by atoms with van der Waals surface area (Å²) in [6.07, 6.45) is -0.833. The van der Waals surface area contributed by atoms with Gasteiger partial charge in [0.2, 0.25) is 0 Å². The Morgan fingerprint density at radius 2 is 1.81 bits per heavy atom. The molecule has 21 heavy (non-hydrogen) atoms. The molecule has 0 spiro atoms. The molecule has 0 aliphatic heterocycles. The van der Waals surface area contributed by atoms with E-state index in [0.29, 0.717) is 26.6 Å². The molecule has 0 fully saturated rings. The summed E-state index contributed by atoms with van der Waals surface area (Å²) in [7, 11) is 3.14. The van der Waals surface area contributed by atoms with E-state index in [0.717, 1.165) is 11.1 Å². The van der Waals surface area contributed by atoms with Gasteiger partial charge in [-0.1, -0.05) is 17.7 Å². The summed E-state index contributed by atoms with van der Waals surface area (Å²) in [4.78, 5) is 0. The van der Waals surface area contributed by atoms with E-state index in [1.807, 2.05) is 13.0 Å². The van der Waals surface area contributed by atoms with Crippen molar-refractivity contribution in [2.24, 2.45) is 0 Å². The maximum atomic E-state index is 10.7. The predicted molar refractivity (Wildman–Crippen MR) is 87.5 cm³/mol. The van der Waals surface area contributed by atoms with Crippen molar-refractivity contribution >= 4 is 27.5 Å². The average molecular weight is 372 g/mol. The lowest BCUT2D eigenvalue weighted by molar-refractivity contribution is 0.213. The van der Waals surface area contributed by atoms with Crippen LogP contribution in [0.1, 0.15) is 22.8 Å². The molecule has 3 nitrogen and oxygen atoms in total. The molecular weight excluding hydrogens is 356 g/mol. The van der Waals surface area contributed by atoms with Gasteiger partial charge in [0, 0.05) is 10.6 Å². The number of rotatable bonds is 4. The first kappa shape index (κ1) is 16.1. The standard InChI is InChI=1S/C16H16BrClO3/c1-9-4-5-10(18)8-12(9)15(19)11-6-7-13(20-2)14(17)16(11)21-3/h4-8,15,19H,1-3H3. The number of methoxy groups -OCH3 is 2. The lowest BCUT2D eigenvalue weighted by atomic mass is 9.97. The molecule has 5 heteroatoms. The Labute approximate surface area is 137 Å². The first-order valence-electron chi connectivity index (χ1n) is 6.34. The van der Waals surface area contributed by atoms with Gasteiger partial charge in [0.15, 0.2) is 0 Å². The fourth-order valence-corrected chi connectivity index (χ4v) is 3.07. The second-order valence-electron chi connectivity index (χ2n) is 4.61. The van der Waals surface area contributed by atoms with Crippen molar-refractivity contribution in [1.82, 2.24) is 0 Å². The third-order valence-electron chi connectivity index (χ3n) is 3.35. The summed E-state index contributed by atoms with van der Waals surface area (Å²) in [5, 5.41) is 11.3. The molecule has 0 saturated heterocycles. The zero-order valence-electron chi connectivity index (χ0n) is 12.0. The minimum absolute atomic E-state index is 0.543. The first-order chi connectivity index (χ1) is 9.99. The zero-order chi connectivity index (χ0) is 15.6. The number of hydrogen-bond acceptors (Lipinski definition) is 3. The molecule has 0 aliphatic carbocycles. The van der Waals surface area contributed by atoms with Crippen molar-refractivity contribution < 1.29 is 14.6 Å². The van der Waals surface area contributed by atoms with Crippen molar-refractivity contribution in [2.75, 3.05) is 14.2 Å². The minimum Gasteiger partial charge on any atom is -0.495 e. The van der Waals surface area contributed by atoms with Crippen LogP contribution in [0.4, 0.5) is 0 Å². The van der Waals surface area contributed by atoms with Crippen LogP contribution in [0.3, 0.4) is 0 Å². The summed E-state index contributed by atoms with van der Waals surface area (Å²) >= 11 is 9.47. The van der Waals surface area contributed by atoms with Crippen LogP contribution in [0.15, 0.2) is 34.8 Å². The molecule has 1 atom stereocenters. The molecule has 1 unspecified atom stereocenters. The summed E-state index contributed by atoms with van der Waals surface area (Å²) in [5.41, 5.74) is 2.36. The predicted octanol–water partition coefficient (Wildman–Crippen LogP) is 4.51. The van der Waals surface area contributed by atoms with E-state index >= 15 is 0 Å². The number of ether oxygens (including phenoxy) is 2. The SMILES string of the molecule is COc1ccc(C(O)c2cc(Cl)ccc2C)c(OC)c1Br. The number of aliphatic hydroxyl groups is 1. The zero-order valence-corrected chi connectivity index (χ0v) is 14.3. The molecule has 1 N–H and O–H groups in total. The van der Waals surface area contributed by atoms with Gasteiger partial charge in [-0.25, -0.2) is 0 Å². The molecule has 0 aromatic heterocycles. The van der Waals surface area contributed by atoms with Gasteiger partial charge in [0.25, 0.3) is 0 Å². The van der Waals surface area contributed by atoms with Gasteiger partial charge in [-0.2, -0.15) is 0 Å². The number of halogens is 2. The second kappa shape index (κ2) is 6.69. The summed E-state index contributed by atoms with van der Waals surface area (Å²) in [6.45, 7) is 1.93. The smallest absolute Gasteiger partial charge is 0.142 e. The number of hydrogen-bond donors (Lipinski definition) is 1. The Morgan fingerprint density at radius 1 is 1.10 bits per heavy atom. The Bertz CT molecular complexity index is 658. The normalized spacial score (nSPS) is 12.1. The van der Waals surface area contributed by atoms with E-state index in [4.69, 9.17) is 21.1 Å². The van der Waals surface area contributed by atoms with E-state index in [2.05, 4.69) is 15.9 Å². The molecule has 2 aromatic rings. The summed E-state index contributed by atoms with van der Waals surface area (Å²) in [6, 6.07) is 9.01. The lowest BCUT2D eigenvalue weighted by Crippen LogP contribution is -2.05. The van der Waals surface area contributed by atoms with Gasteiger partial charge in [0.1, 0.15) is 22.1 Å². The quantitative estimate of drug-likeness (QED) is 0.859. The van der Waals surface area contributed by atoms with E-state index in [-0.39, 0.29) is 0 Å².